The lowest BCUT2D eigenvalue weighted by Gasteiger charge is -2.18. The summed E-state index contributed by atoms with van der Waals surface area (Å²) < 4.78 is 32.3. The van der Waals surface area contributed by atoms with Crippen molar-refractivity contribution in [3.8, 4) is 5.75 Å². The number of carbonyl (C=O) groups is 1. The Morgan fingerprint density at radius 3 is 2.70 bits per heavy atom. The van der Waals surface area contributed by atoms with Crippen molar-refractivity contribution in [2.75, 3.05) is 6.61 Å². The molecule has 1 atom stereocenters. The second-order valence-corrected chi connectivity index (χ2v) is 6.71. The average Bonchev–Trinajstić information content (AvgIpc) is 2.83. The summed E-state index contributed by atoms with van der Waals surface area (Å²) in [4.78, 5) is 11.1. The highest BCUT2D eigenvalue weighted by Crippen LogP contribution is 2.32. The molecule has 0 amide bonds. The molecule has 0 saturated carbocycles. The van der Waals surface area contributed by atoms with E-state index in [4.69, 9.17) is 9.84 Å². The van der Waals surface area contributed by atoms with Crippen LogP contribution in [0.2, 0.25) is 0 Å². The Labute approximate surface area is 117 Å². The summed E-state index contributed by atoms with van der Waals surface area (Å²) in [7, 11) is -3.93. The minimum absolute atomic E-state index is 0.000556. The van der Waals surface area contributed by atoms with Gasteiger partial charge in [-0.2, -0.15) is 4.72 Å². The number of rotatable bonds is 5. The van der Waals surface area contributed by atoms with Crippen LogP contribution in [0.5, 0.6) is 5.75 Å². The molecule has 110 valence electrons. The largest absolute Gasteiger partial charge is 0.492 e. The number of aliphatic carboxylic acids is 1. The number of nitrogens with one attached hydrogen (secondary N) is 1. The summed E-state index contributed by atoms with van der Waals surface area (Å²) in [5, 5.41) is 9.09. The fourth-order valence-electron chi connectivity index (χ4n) is 2.10. The molecule has 1 aliphatic rings. The van der Waals surface area contributed by atoms with E-state index in [2.05, 4.69) is 4.72 Å². The SMILES string of the molecule is CC(C)C(NS(=O)(=O)c1cccc2c1OCC2)C(=O)O. The van der Waals surface area contributed by atoms with E-state index >= 15 is 0 Å². The molecule has 1 aromatic rings. The minimum atomic E-state index is -3.93. The van der Waals surface area contributed by atoms with E-state index in [1.807, 2.05) is 0 Å². The fourth-order valence-corrected chi connectivity index (χ4v) is 3.62. The van der Waals surface area contributed by atoms with Crippen LogP contribution >= 0.6 is 0 Å². The molecule has 20 heavy (non-hydrogen) atoms. The Bertz CT molecular complexity index is 624. The molecule has 1 aliphatic heterocycles. The van der Waals surface area contributed by atoms with Crippen LogP contribution in [0, 0.1) is 5.92 Å². The van der Waals surface area contributed by atoms with Crippen molar-refractivity contribution in [2.24, 2.45) is 5.92 Å². The number of hydrogen-bond acceptors (Lipinski definition) is 4. The van der Waals surface area contributed by atoms with E-state index in [1.165, 1.54) is 6.07 Å². The highest BCUT2D eigenvalue weighted by atomic mass is 32.2. The number of hydrogen-bond donors (Lipinski definition) is 2. The Morgan fingerprint density at radius 2 is 2.10 bits per heavy atom. The maximum atomic E-state index is 12.4. The van der Waals surface area contributed by atoms with Gasteiger partial charge in [-0.3, -0.25) is 4.79 Å². The van der Waals surface area contributed by atoms with Crippen LogP contribution in [0.1, 0.15) is 19.4 Å². The van der Waals surface area contributed by atoms with Gasteiger partial charge in [0.2, 0.25) is 10.0 Å². The summed E-state index contributed by atoms with van der Waals surface area (Å²) in [5.74, 6) is -1.23. The normalized spacial score (nSPS) is 15.8. The zero-order valence-corrected chi connectivity index (χ0v) is 12.1. The van der Waals surface area contributed by atoms with Crippen LogP contribution < -0.4 is 9.46 Å². The van der Waals surface area contributed by atoms with Crippen molar-refractivity contribution < 1.29 is 23.1 Å². The van der Waals surface area contributed by atoms with Crippen molar-refractivity contribution in [1.29, 1.82) is 0 Å². The molecule has 0 saturated heterocycles. The third-order valence-electron chi connectivity index (χ3n) is 3.18. The summed E-state index contributed by atoms with van der Waals surface area (Å²) in [6, 6.07) is 3.69. The highest BCUT2D eigenvalue weighted by molar-refractivity contribution is 7.89. The molecule has 6 nitrogen and oxygen atoms in total. The van der Waals surface area contributed by atoms with Crippen LogP contribution in [0.25, 0.3) is 0 Å². The maximum absolute atomic E-state index is 12.4. The molecular weight excluding hydrogens is 282 g/mol. The summed E-state index contributed by atoms with van der Waals surface area (Å²) in [6.07, 6.45) is 0.658. The summed E-state index contributed by atoms with van der Waals surface area (Å²) in [6.45, 7) is 3.73. The number of para-hydroxylation sites is 1. The lowest BCUT2D eigenvalue weighted by Crippen LogP contribution is -2.44. The van der Waals surface area contributed by atoms with E-state index in [-0.39, 0.29) is 10.8 Å². The van der Waals surface area contributed by atoms with Gasteiger partial charge in [-0.05, 0) is 17.5 Å². The first-order valence-corrected chi connectivity index (χ1v) is 7.81. The number of sulfonamides is 1. The van der Waals surface area contributed by atoms with Gasteiger partial charge in [0.15, 0.2) is 0 Å². The molecule has 0 aliphatic carbocycles. The quantitative estimate of drug-likeness (QED) is 0.846. The molecule has 1 aromatic carbocycles. The topological polar surface area (TPSA) is 92.7 Å². The minimum Gasteiger partial charge on any atom is -0.492 e. The number of benzene rings is 1. The van der Waals surface area contributed by atoms with Gasteiger partial charge in [0.25, 0.3) is 0 Å². The number of ether oxygens (including phenoxy) is 1. The van der Waals surface area contributed by atoms with Crippen LogP contribution in [-0.2, 0) is 21.2 Å². The monoisotopic (exact) mass is 299 g/mol. The van der Waals surface area contributed by atoms with Gasteiger partial charge in [0.05, 0.1) is 6.61 Å². The second-order valence-electron chi connectivity index (χ2n) is 5.02. The Kier molecular flexibility index (Phi) is 4.01. The fraction of sp³-hybridized carbons (Fsp3) is 0.462. The van der Waals surface area contributed by atoms with Crippen molar-refractivity contribution in [2.45, 2.75) is 31.2 Å². The highest BCUT2D eigenvalue weighted by Gasteiger charge is 2.31. The van der Waals surface area contributed by atoms with Crippen molar-refractivity contribution in [1.82, 2.24) is 4.72 Å². The predicted molar refractivity (Wildman–Crippen MR) is 72.2 cm³/mol. The van der Waals surface area contributed by atoms with Crippen LogP contribution in [0.15, 0.2) is 23.1 Å². The van der Waals surface area contributed by atoms with E-state index in [9.17, 15) is 13.2 Å². The molecule has 1 unspecified atom stereocenters. The van der Waals surface area contributed by atoms with Crippen molar-refractivity contribution in [3.05, 3.63) is 23.8 Å². The Hall–Kier alpha value is -1.60. The molecule has 1 heterocycles. The first kappa shape index (κ1) is 14.8. The third kappa shape index (κ3) is 2.78. The number of carboxylic acid groups (broad SMARTS) is 1. The van der Waals surface area contributed by atoms with E-state index in [0.717, 1.165) is 5.56 Å². The molecule has 0 spiro atoms. The van der Waals surface area contributed by atoms with Gasteiger partial charge < -0.3 is 9.84 Å². The standard InChI is InChI=1S/C13H17NO5S/c1-8(2)11(13(15)16)14-20(17,18)10-5-3-4-9-6-7-19-12(9)10/h3-5,8,11,14H,6-7H2,1-2H3,(H,15,16). The van der Waals surface area contributed by atoms with Gasteiger partial charge in [-0.1, -0.05) is 26.0 Å². The summed E-state index contributed by atoms with van der Waals surface area (Å²) in [5.41, 5.74) is 0.823. The third-order valence-corrected chi connectivity index (χ3v) is 4.65. The second kappa shape index (κ2) is 5.41. The van der Waals surface area contributed by atoms with Crippen LogP contribution in [0.4, 0.5) is 0 Å². The first-order valence-electron chi connectivity index (χ1n) is 6.33. The smallest absolute Gasteiger partial charge is 0.322 e. The Morgan fingerprint density at radius 1 is 1.40 bits per heavy atom. The van der Waals surface area contributed by atoms with Gasteiger partial charge in [-0.15, -0.1) is 0 Å². The van der Waals surface area contributed by atoms with Gasteiger partial charge in [0.1, 0.15) is 16.7 Å². The molecule has 0 aromatic heterocycles. The molecular formula is C13H17NO5S. The maximum Gasteiger partial charge on any atom is 0.322 e. The lowest BCUT2D eigenvalue weighted by molar-refractivity contribution is -0.140. The van der Waals surface area contributed by atoms with Crippen LogP contribution in [0.3, 0.4) is 0 Å². The predicted octanol–water partition coefficient (Wildman–Crippen LogP) is 1.01. The molecule has 0 bridgehead atoms. The van der Waals surface area contributed by atoms with Gasteiger partial charge >= 0.3 is 5.97 Å². The number of carboxylic acids is 1. The van der Waals surface area contributed by atoms with E-state index in [1.54, 1.807) is 26.0 Å². The number of fused-ring (bicyclic) bond motifs is 1. The lowest BCUT2D eigenvalue weighted by atomic mass is 10.1. The zero-order chi connectivity index (χ0) is 14.9. The average molecular weight is 299 g/mol. The molecule has 2 rings (SSSR count). The van der Waals surface area contributed by atoms with Gasteiger partial charge in [0, 0.05) is 6.42 Å². The Balaban J connectivity index is 2.37. The molecule has 0 radical (unpaired) electrons. The van der Waals surface area contributed by atoms with Gasteiger partial charge in [-0.25, -0.2) is 8.42 Å². The molecule has 2 N–H and O–H groups in total. The van der Waals surface area contributed by atoms with E-state index in [0.29, 0.717) is 18.8 Å². The first-order chi connectivity index (χ1) is 9.33. The van der Waals surface area contributed by atoms with E-state index < -0.39 is 22.0 Å². The zero-order valence-electron chi connectivity index (χ0n) is 11.3. The van der Waals surface area contributed by atoms with Crippen LogP contribution in [-0.4, -0.2) is 32.1 Å². The summed E-state index contributed by atoms with van der Waals surface area (Å²) >= 11 is 0. The van der Waals surface area contributed by atoms with Crippen molar-refractivity contribution >= 4 is 16.0 Å². The van der Waals surface area contributed by atoms with Crippen molar-refractivity contribution in [3.63, 3.8) is 0 Å². The molecule has 7 heteroatoms. The molecule has 0 fully saturated rings.